The van der Waals surface area contributed by atoms with Gasteiger partial charge in [-0.25, -0.2) is 8.78 Å². The molecule has 20 heavy (non-hydrogen) atoms. The van der Waals surface area contributed by atoms with Crippen LogP contribution in [0.15, 0.2) is 24.3 Å². The second-order valence-corrected chi connectivity index (χ2v) is 4.82. The molecule has 1 unspecified atom stereocenters. The van der Waals surface area contributed by atoms with Crippen molar-refractivity contribution in [3.05, 3.63) is 29.8 Å². The van der Waals surface area contributed by atoms with E-state index < -0.39 is 30.8 Å². The van der Waals surface area contributed by atoms with Crippen molar-refractivity contribution in [2.24, 2.45) is 0 Å². The van der Waals surface area contributed by atoms with Crippen LogP contribution >= 0.6 is 0 Å². The number of hydrogen-bond acceptors (Lipinski definition) is 3. The smallest absolute Gasteiger partial charge is 0.262 e. The molecule has 0 aromatic heterocycles. The van der Waals surface area contributed by atoms with E-state index in [-0.39, 0.29) is 0 Å². The van der Waals surface area contributed by atoms with Crippen molar-refractivity contribution in [3.8, 4) is 0 Å². The van der Waals surface area contributed by atoms with Gasteiger partial charge in [0.05, 0.1) is 19.2 Å². The zero-order chi connectivity index (χ0) is 14.6. The number of alkyl halides is 2. The van der Waals surface area contributed by atoms with Gasteiger partial charge in [0.2, 0.25) is 5.91 Å². The van der Waals surface area contributed by atoms with Crippen LogP contribution in [-0.4, -0.2) is 31.0 Å². The summed E-state index contributed by atoms with van der Waals surface area (Å²) in [6, 6.07) is 6.30. The van der Waals surface area contributed by atoms with Crippen LogP contribution in [0.25, 0.3) is 0 Å². The Labute approximate surface area is 116 Å². The fourth-order valence-corrected chi connectivity index (χ4v) is 2.03. The topological polar surface area (TPSA) is 50.4 Å². The standard InChI is InChI=1S/C14H18F2N2O2/c1-2-20-8-10-3-5-11(6-4-10)18-13(19)12-7-14(15,16)9-17-12/h3-6,12,17H,2,7-9H2,1H3,(H,18,19). The van der Waals surface area contributed by atoms with E-state index in [1.807, 2.05) is 19.1 Å². The molecule has 0 saturated carbocycles. The number of benzene rings is 1. The molecule has 0 radical (unpaired) electrons. The Balaban J connectivity index is 1.88. The minimum atomic E-state index is -2.80. The van der Waals surface area contributed by atoms with Gasteiger partial charge in [-0.15, -0.1) is 0 Å². The predicted octanol–water partition coefficient (Wildman–Crippen LogP) is 2.16. The van der Waals surface area contributed by atoms with Gasteiger partial charge in [0, 0.05) is 18.7 Å². The summed E-state index contributed by atoms with van der Waals surface area (Å²) in [4.78, 5) is 11.8. The minimum Gasteiger partial charge on any atom is -0.377 e. The summed E-state index contributed by atoms with van der Waals surface area (Å²) >= 11 is 0. The molecule has 1 aliphatic heterocycles. The van der Waals surface area contributed by atoms with Gasteiger partial charge < -0.3 is 10.1 Å². The number of nitrogens with one attached hydrogen (secondary N) is 2. The van der Waals surface area contributed by atoms with E-state index in [1.54, 1.807) is 12.1 Å². The Morgan fingerprint density at radius 3 is 2.70 bits per heavy atom. The lowest BCUT2D eigenvalue weighted by molar-refractivity contribution is -0.118. The van der Waals surface area contributed by atoms with E-state index >= 15 is 0 Å². The fourth-order valence-electron chi connectivity index (χ4n) is 2.03. The number of ether oxygens (including phenoxy) is 1. The molecular weight excluding hydrogens is 266 g/mol. The average Bonchev–Trinajstić information content (AvgIpc) is 2.78. The maximum atomic E-state index is 13.0. The molecule has 1 fully saturated rings. The quantitative estimate of drug-likeness (QED) is 0.871. The molecule has 1 amide bonds. The fraction of sp³-hybridized carbons (Fsp3) is 0.500. The first-order valence-electron chi connectivity index (χ1n) is 6.59. The molecule has 2 N–H and O–H groups in total. The number of rotatable bonds is 5. The van der Waals surface area contributed by atoms with Gasteiger partial charge >= 0.3 is 0 Å². The Bertz CT molecular complexity index is 463. The summed E-state index contributed by atoms with van der Waals surface area (Å²) in [5.41, 5.74) is 1.59. The molecule has 0 aliphatic carbocycles. The number of amides is 1. The summed E-state index contributed by atoms with van der Waals surface area (Å²) in [5, 5.41) is 5.15. The first-order chi connectivity index (χ1) is 9.50. The average molecular weight is 284 g/mol. The summed E-state index contributed by atoms with van der Waals surface area (Å²) < 4.78 is 31.3. The summed E-state index contributed by atoms with van der Waals surface area (Å²) in [5.74, 6) is -3.23. The van der Waals surface area contributed by atoms with E-state index in [1.165, 1.54) is 0 Å². The number of anilines is 1. The highest BCUT2D eigenvalue weighted by Crippen LogP contribution is 2.25. The van der Waals surface area contributed by atoms with E-state index in [4.69, 9.17) is 4.74 Å². The SMILES string of the molecule is CCOCc1ccc(NC(=O)C2CC(F)(F)CN2)cc1. The molecule has 1 saturated heterocycles. The Morgan fingerprint density at radius 2 is 2.15 bits per heavy atom. The van der Waals surface area contributed by atoms with Crippen LogP contribution in [0.3, 0.4) is 0 Å². The lowest BCUT2D eigenvalue weighted by Gasteiger charge is -2.11. The molecule has 6 heteroatoms. The monoisotopic (exact) mass is 284 g/mol. The van der Waals surface area contributed by atoms with Crippen LogP contribution in [0.1, 0.15) is 18.9 Å². The van der Waals surface area contributed by atoms with Crippen LogP contribution in [0.5, 0.6) is 0 Å². The van der Waals surface area contributed by atoms with Gasteiger partial charge in [-0.2, -0.15) is 0 Å². The highest BCUT2D eigenvalue weighted by atomic mass is 19.3. The molecule has 2 rings (SSSR count). The highest BCUT2D eigenvalue weighted by Gasteiger charge is 2.42. The number of carbonyl (C=O) groups is 1. The summed E-state index contributed by atoms with van der Waals surface area (Å²) in [6.45, 7) is 2.62. The number of hydrogen-bond donors (Lipinski definition) is 2. The maximum absolute atomic E-state index is 13.0. The minimum absolute atomic E-state index is 0.431. The molecule has 1 aromatic rings. The Morgan fingerprint density at radius 1 is 1.45 bits per heavy atom. The van der Waals surface area contributed by atoms with Crippen LogP contribution < -0.4 is 10.6 Å². The molecule has 1 atom stereocenters. The molecule has 1 heterocycles. The van der Waals surface area contributed by atoms with Gasteiger partial charge in [-0.05, 0) is 24.6 Å². The molecule has 110 valence electrons. The van der Waals surface area contributed by atoms with Crippen molar-refractivity contribution in [2.45, 2.75) is 31.9 Å². The third kappa shape index (κ3) is 3.98. The molecular formula is C14H18F2N2O2. The van der Waals surface area contributed by atoms with Crippen molar-refractivity contribution in [3.63, 3.8) is 0 Å². The van der Waals surface area contributed by atoms with Crippen molar-refractivity contribution in [2.75, 3.05) is 18.5 Å². The highest BCUT2D eigenvalue weighted by molar-refractivity contribution is 5.95. The lowest BCUT2D eigenvalue weighted by atomic mass is 10.1. The zero-order valence-corrected chi connectivity index (χ0v) is 11.3. The largest absolute Gasteiger partial charge is 0.377 e. The van der Waals surface area contributed by atoms with Gasteiger partial charge in [-0.1, -0.05) is 12.1 Å². The van der Waals surface area contributed by atoms with E-state index in [9.17, 15) is 13.6 Å². The molecule has 0 spiro atoms. The van der Waals surface area contributed by atoms with Crippen molar-refractivity contribution in [1.82, 2.24) is 5.32 Å². The summed E-state index contributed by atoms with van der Waals surface area (Å²) in [6.07, 6.45) is -0.457. The van der Waals surface area contributed by atoms with Gasteiger partial charge in [-0.3, -0.25) is 10.1 Å². The van der Waals surface area contributed by atoms with E-state index in [2.05, 4.69) is 10.6 Å². The molecule has 1 aromatic carbocycles. The molecule has 0 bridgehead atoms. The van der Waals surface area contributed by atoms with E-state index in [0.717, 1.165) is 5.56 Å². The van der Waals surface area contributed by atoms with E-state index in [0.29, 0.717) is 18.9 Å². The maximum Gasteiger partial charge on any atom is 0.262 e. The van der Waals surface area contributed by atoms with Crippen LogP contribution in [-0.2, 0) is 16.1 Å². The summed E-state index contributed by atoms with van der Waals surface area (Å²) in [7, 11) is 0. The second kappa shape index (κ2) is 6.28. The van der Waals surface area contributed by atoms with Crippen LogP contribution in [0, 0.1) is 0 Å². The van der Waals surface area contributed by atoms with Gasteiger partial charge in [0.15, 0.2) is 0 Å². The van der Waals surface area contributed by atoms with Crippen LogP contribution in [0.4, 0.5) is 14.5 Å². The zero-order valence-electron chi connectivity index (χ0n) is 11.3. The first kappa shape index (κ1) is 14.9. The predicted molar refractivity (Wildman–Crippen MR) is 71.8 cm³/mol. The molecule has 4 nitrogen and oxygen atoms in total. The van der Waals surface area contributed by atoms with Gasteiger partial charge in [0.1, 0.15) is 0 Å². The Kier molecular flexibility index (Phi) is 4.67. The van der Waals surface area contributed by atoms with Crippen molar-refractivity contribution >= 4 is 11.6 Å². The number of carbonyl (C=O) groups excluding carboxylic acids is 1. The van der Waals surface area contributed by atoms with Gasteiger partial charge in [0.25, 0.3) is 5.92 Å². The Hall–Kier alpha value is -1.53. The third-order valence-corrected chi connectivity index (χ3v) is 3.12. The van der Waals surface area contributed by atoms with Crippen molar-refractivity contribution < 1.29 is 18.3 Å². The van der Waals surface area contributed by atoms with Crippen molar-refractivity contribution in [1.29, 1.82) is 0 Å². The first-order valence-corrected chi connectivity index (χ1v) is 6.59. The lowest BCUT2D eigenvalue weighted by Crippen LogP contribution is -2.35. The third-order valence-electron chi connectivity index (χ3n) is 3.12. The second-order valence-electron chi connectivity index (χ2n) is 4.82. The van der Waals surface area contributed by atoms with Crippen LogP contribution in [0.2, 0.25) is 0 Å². The molecule has 1 aliphatic rings. The normalized spacial score (nSPS) is 20.9. The number of halogens is 2.